The van der Waals surface area contributed by atoms with Crippen molar-refractivity contribution in [2.75, 3.05) is 32.7 Å². The molecule has 2 fully saturated rings. The van der Waals surface area contributed by atoms with E-state index in [2.05, 4.69) is 10.6 Å². The Morgan fingerprint density at radius 1 is 1.17 bits per heavy atom. The van der Waals surface area contributed by atoms with Crippen LogP contribution < -0.4 is 15.4 Å². The molecule has 7 heteroatoms. The van der Waals surface area contributed by atoms with Gasteiger partial charge in [0.05, 0.1) is 6.54 Å². The first kappa shape index (κ1) is 19.8. The predicted octanol–water partition coefficient (Wildman–Crippen LogP) is 2.42. The molecule has 2 aliphatic rings. The van der Waals surface area contributed by atoms with Gasteiger partial charge >= 0.3 is 0 Å². The summed E-state index contributed by atoms with van der Waals surface area (Å²) < 4.78 is 34.0. The summed E-state index contributed by atoms with van der Waals surface area (Å²) in [5, 5.41) is 6.45. The number of halogens is 2. The van der Waals surface area contributed by atoms with Crippen molar-refractivity contribution in [2.24, 2.45) is 0 Å². The molecular weight excluding hydrogens is 376 g/mol. The number of hydrogen-bond donors (Lipinski definition) is 2. The molecule has 2 aromatic rings. The zero-order valence-corrected chi connectivity index (χ0v) is 16.2. The van der Waals surface area contributed by atoms with Crippen LogP contribution in [0.3, 0.4) is 0 Å². The van der Waals surface area contributed by atoms with E-state index >= 15 is 0 Å². The topological polar surface area (TPSA) is 53.6 Å². The highest BCUT2D eigenvalue weighted by atomic mass is 19.1. The molecule has 1 aliphatic heterocycles. The van der Waals surface area contributed by atoms with E-state index in [9.17, 15) is 13.6 Å². The minimum Gasteiger partial charge on any atom is -0.486 e. The minimum atomic E-state index is -0.696. The van der Waals surface area contributed by atoms with Crippen molar-refractivity contribution in [3.63, 3.8) is 0 Å². The Hall–Kier alpha value is -2.51. The quantitative estimate of drug-likeness (QED) is 0.748. The molecule has 1 amide bonds. The number of rotatable bonds is 7. The molecule has 0 bridgehead atoms. The number of carbonyl (C=O) groups excluding carboxylic acids is 1. The second kappa shape index (κ2) is 8.88. The maximum absolute atomic E-state index is 14.4. The van der Waals surface area contributed by atoms with Gasteiger partial charge in [0.15, 0.2) is 11.6 Å². The molecule has 2 aromatic carbocycles. The van der Waals surface area contributed by atoms with Crippen molar-refractivity contribution >= 4 is 5.91 Å². The van der Waals surface area contributed by atoms with Gasteiger partial charge in [-0.2, -0.15) is 0 Å². The van der Waals surface area contributed by atoms with Gasteiger partial charge in [-0.15, -0.1) is 0 Å². The standard InChI is InChI=1S/C22H25F2N3O2/c23-16-10-18(22(19(24)11-16)29-14-15-4-2-1-3-5-15)17-12-20(17)26-13-21(28)27-8-6-25-7-9-27/h1-5,10-11,17,20,25-26H,6-9,12-14H2. The van der Waals surface area contributed by atoms with E-state index in [0.29, 0.717) is 18.7 Å². The molecule has 0 aromatic heterocycles. The van der Waals surface area contributed by atoms with E-state index in [-0.39, 0.29) is 36.8 Å². The summed E-state index contributed by atoms with van der Waals surface area (Å²) in [6, 6.07) is 11.7. The number of ether oxygens (including phenoxy) is 1. The largest absolute Gasteiger partial charge is 0.486 e. The first-order chi connectivity index (χ1) is 14.1. The van der Waals surface area contributed by atoms with Crippen molar-refractivity contribution in [1.29, 1.82) is 0 Å². The van der Waals surface area contributed by atoms with Crippen LogP contribution in [0.5, 0.6) is 5.75 Å². The average Bonchev–Trinajstić information content (AvgIpc) is 3.52. The van der Waals surface area contributed by atoms with Crippen LogP contribution in [0.1, 0.15) is 23.5 Å². The lowest BCUT2D eigenvalue weighted by Gasteiger charge is -2.27. The highest BCUT2D eigenvalue weighted by Gasteiger charge is 2.41. The second-order valence-electron chi connectivity index (χ2n) is 7.54. The summed E-state index contributed by atoms with van der Waals surface area (Å²) in [6.07, 6.45) is 0.722. The summed E-state index contributed by atoms with van der Waals surface area (Å²) in [5.74, 6) is -1.23. The Bertz CT molecular complexity index is 857. The number of hydrogen-bond acceptors (Lipinski definition) is 4. The Balaban J connectivity index is 1.38. The van der Waals surface area contributed by atoms with Gasteiger partial charge in [0.2, 0.25) is 5.91 Å². The molecule has 29 heavy (non-hydrogen) atoms. The van der Waals surface area contributed by atoms with Crippen LogP contribution in [-0.4, -0.2) is 49.6 Å². The van der Waals surface area contributed by atoms with E-state index < -0.39 is 11.6 Å². The molecule has 2 unspecified atom stereocenters. The summed E-state index contributed by atoms with van der Waals surface area (Å²) in [7, 11) is 0. The molecule has 1 aliphatic carbocycles. The number of carbonyl (C=O) groups is 1. The minimum absolute atomic E-state index is 0.0159. The van der Waals surface area contributed by atoms with Crippen LogP contribution in [0.15, 0.2) is 42.5 Å². The van der Waals surface area contributed by atoms with Crippen LogP contribution in [0.2, 0.25) is 0 Å². The average molecular weight is 401 g/mol. The Labute approximate surface area is 169 Å². The van der Waals surface area contributed by atoms with Crippen LogP contribution in [0.4, 0.5) is 8.78 Å². The maximum atomic E-state index is 14.4. The summed E-state index contributed by atoms with van der Waals surface area (Å²) in [5.41, 5.74) is 1.43. The fourth-order valence-electron chi connectivity index (χ4n) is 3.75. The van der Waals surface area contributed by atoms with Gasteiger partial charge in [-0.3, -0.25) is 4.79 Å². The van der Waals surface area contributed by atoms with Crippen molar-refractivity contribution < 1.29 is 18.3 Å². The molecule has 1 saturated heterocycles. The first-order valence-electron chi connectivity index (χ1n) is 9.99. The number of benzene rings is 2. The van der Waals surface area contributed by atoms with Crippen LogP contribution in [-0.2, 0) is 11.4 Å². The third-order valence-electron chi connectivity index (χ3n) is 5.44. The highest BCUT2D eigenvalue weighted by Crippen LogP contribution is 2.46. The molecule has 154 valence electrons. The van der Waals surface area contributed by atoms with E-state index in [1.165, 1.54) is 6.07 Å². The molecule has 1 saturated carbocycles. The third kappa shape index (κ3) is 4.92. The maximum Gasteiger partial charge on any atom is 0.236 e. The number of nitrogens with zero attached hydrogens (tertiary/aromatic N) is 1. The highest BCUT2D eigenvalue weighted by molar-refractivity contribution is 5.78. The van der Waals surface area contributed by atoms with Gasteiger partial charge in [-0.25, -0.2) is 8.78 Å². The van der Waals surface area contributed by atoms with Gasteiger partial charge in [0, 0.05) is 49.8 Å². The second-order valence-corrected chi connectivity index (χ2v) is 7.54. The fourth-order valence-corrected chi connectivity index (χ4v) is 3.75. The Kier molecular flexibility index (Phi) is 6.06. The van der Waals surface area contributed by atoms with Gasteiger partial charge in [-0.1, -0.05) is 30.3 Å². The molecule has 0 spiro atoms. The normalized spacial score (nSPS) is 21.1. The van der Waals surface area contributed by atoms with Crippen LogP contribution in [0, 0.1) is 11.6 Å². The van der Waals surface area contributed by atoms with Crippen molar-refractivity contribution in [3.05, 3.63) is 65.2 Å². The van der Waals surface area contributed by atoms with Gasteiger partial charge < -0.3 is 20.3 Å². The molecular formula is C22H25F2N3O2. The zero-order valence-electron chi connectivity index (χ0n) is 16.2. The predicted molar refractivity (Wildman–Crippen MR) is 106 cm³/mol. The summed E-state index contributed by atoms with van der Waals surface area (Å²) in [4.78, 5) is 14.1. The smallest absolute Gasteiger partial charge is 0.236 e. The number of nitrogens with one attached hydrogen (secondary N) is 2. The van der Waals surface area contributed by atoms with Gasteiger partial charge in [-0.05, 0) is 18.1 Å². The lowest BCUT2D eigenvalue weighted by atomic mass is 10.1. The van der Waals surface area contributed by atoms with Gasteiger partial charge in [0.25, 0.3) is 0 Å². The van der Waals surface area contributed by atoms with Crippen molar-refractivity contribution in [2.45, 2.75) is 25.0 Å². The lowest BCUT2D eigenvalue weighted by Crippen LogP contribution is -2.49. The molecule has 2 N–H and O–H groups in total. The number of piperazine rings is 1. The van der Waals surface area contributed by atoms with E-state index in [1.54, 1.807) is 0 Å². The van der Waals surface area contributed by atoms with Crippen molar-refractivity contribution in [3.8, 4) is 5.75 Å². The Morgan fingerprint density at radius 2 is 1.93 bits per heavy atom. The lowest BCUT2D eigenvalue weighted by molar-refractivity contribution is -0.130. The molecule has 1 heterocycles. The number of amides is 1. The SMILES string of the molecule is O=C(CNC1CC1c1cc(F)cc(F)c1OCc1ccccc1)N1CCNCC1. The molecule has 5 nitrogen and oxygen atoms in total. The zero-order chi connectivity index (χ0) is 20.2. The van der Waals surface area contributed by atoms with Crippen LogP contribution >= 0.6 is 0 Å². The summed E-state index contributed by atoms with van der Waals surface area (Å²) >= 11 is 0. The van der Waals surface area contributed by atoms with E-state index in [1.807, 2.05) is 35.2 Å². The van der Waals surface area contributed by atoms with Crippen LogP contribution in [0.25, 0.3) is 0 Å². The van der Waals surface area contributed by atoms with Gasteiger partial charge in [0.1, 0.15) is 12.4 Å². The molecule has 0 radical (unpaired) electrons. The monoisotopic (exact) mass is 401 g/mol. The molecule has 2 atom stereocenters. The fraction of sp³-hybridized carbons (Fsp3) is 0.409. The summed E-state index contributed by atoms with van der Waals surface area (Å²) in [6.45, 7) is 3.48. The van der Waals surface area contributed by atoms with Crippen molar-refractivity contribution in [1.82, 2.24) is 15.5 Å². The Morgan fingerprint density at radius 3 is 2.69 bits per heavy atom. The first-order valence-corrected chi connectivity index (χ1v) is 9.99. The van der Waals surface area contributed by atoms with E-state index in [4.69, 9.17) is 4.74 Å². The van der Waals surface area contributed by atoms with E-state index in [0.717, 1.165) is 31.1 Å². The third-order valence-corrected chi connectivity index (χ3v) is 5.44. The molecule has 4 rings (SSSR count).